The van der Waals surface area contributed by atoms with Gasteiger partial charge in [0.25, 0.3) is 0 Å². The molecule has 1 saturated heterocycles. The molecule has 2 aromatic rings. The Labute approximate surface area is 182 Å². The minimum atomic E-state index is 0.160. The molecule has 2 aliphatic rings. The highest BCUT2D eigenvalue weighted by atomic mass is 32.1. The highest BCUT2D eigenvalue weighted by Crippen LogP contribution is 2.18. The molecule has 2 aromatic heterocycles. The standard InChI is InChI=1S/C22H31N5O2S/c28-21(25-18-5-6-18)17-26-11-13-27(14-12-26)22(23-9-7-19-3-1-15-29-19)24-10-8-20-4-2-16-30-20/h1-4,15-16,18H,5-14,17H2,(H,23,24)(H,25,28). The summed E-state index contributed by atoms with van der Waals surface area (Å²) < 4.78 is 5.44. The van der Waals surface area contributed by atoms with E-state index in [1.807, 2.05) is 12.1 Å². The van der Waals surface area contributed by atoms with Crippen molar-refractivity contribution in [3.05, 3.63) is 46.5 Å². The first-order valence-corrected chi connectivity index (χ1v) is 11.7. The molecule has 0 atom stereocenters. The molecule has 30 heavy (non-hydrogen) atoms. The van der Waals surface area contributed by atoms with E-state index in [2.05, 4.69) is 37.9 Å². The summed E-state index contributed by atoms with van der Waals surface area (Å²) in [5, 5.41) is 8.71. The molecule has 2 N–H and O–H groups in total. The average Bonchev–Trinajstić information content (AvgIpc) is 3.19. The predicted molar refractivity (Wildman–Crippen MR) is 120 cm³/mol. The lowest BCUT2D eigenvalue weighted by Crippen LogP contribution is -2.54. The van der Waals surface area contributed by atoms with Crippen LogP contribution >= 0.6 is 11.3 Å². The van der Waals surface area contributed by atoms with Gasteiger partial charge in [-0.2, -0.15) is 0 Å². The van der Waals surface area contributed by atoms with Crippen molar-refractivity contribution in [2.45, 2.75) is 31.7 Å². The highest BCUT2D eigenvalue weighted by molar-refractivity contribution is 7.09. The van der Waals surface area contributed by atoms with E-state index in [1.165, 1.54) is 4.88 Å². The molecular weight excluding hydrogens is 398 g/mol. The zero-order chi connectivity index (χ0) is 20.6. The number of piperazine rings is 1. The average molecular weight is 430 g/mol. The second-order valence-corrected chi connectivity index (χ2v) is 8.93. The number of furan rings is 1. The Kier molecular flexibility index (Phi) is 7.42. The third-order valence-electron chi connectivity index (χ3n) is 5.42. The number of carbonyl (C=O) groups is 1. The molecule has 1 amide bonds. The van der Waals surface area contributed by atoms with E-state index in [0.29, 0.717) is 12.6 Å². The molecule has 0 aromatic carbocycles. The minimum absolute atomic E-state index is 0.160. The van der Waals surface area contributed by atoms with Crippen LogP contribution in [0.5, 0.6) is 0 Å². The van der Waals surface area contributed by atoms with Crippen molar-refractivity contribution in [3.8, 4) is 0 Å². The molecule has 4 rings (SSSR count). The first kappa shape index (κ1) is 20.9. The SMILES string of the molecule is O=C(CN1CCN(C(=NCCc2cccs2)NCCc2ccco2)CC1)NC1CC1. The van der Waals surface area contributed by atoms with Gasteiger partial charge in [-0.25, -0.2) is 0 Å². The Hall–Kier alpha value is -2.32. The first-order valence-electron chi connectivity index (χ1n) is 10.9. The lowest BCUT2D eigenvalue weighted by Gasteiger charge is -2.36. The summed E-state index contributed by atoms with van der Waals surface area (Å²) >= 11 is 1.78. The van der Waals surface area contributed by atoms with E-state index in [-0.39, 0.29) is 5.91 Å². The Morgan fingerprint density at radius 2 is 2.03 bits per heavy atom. The normalized spacial score (nSPS) is 17.9. The van der Waals surface area contributed by atoms with Crippen LogP contribution in [0.25, 0.3) is 0 Å². The predicted octanol–water partition coefficient (Wildman–Crippen LogP) is 1.97. The first-order chi connectivity index (χ1) is 14.8. The number of hydrogen-bond donors (Lipinski definition) is 2. The summed E-state index contributed by atoms with van der Waals surface area (Å²) in [6.07, 6.45) is 5.77. The third kappa shape index (κ3) is 6.60. The number of nitrogens with one attached hydrogen (secondary N) is 2. The molecule has 3 heterocycles. The molecule has 0 unspecified atom stereocenters. The lowest BCUT2D eigenvalue weighted by molar-refractivity contribution is -0.122. The van der Waals surface area contributed by atoms with Crippen molar-refractivity contribution in [1.29, 1.82) is 0 Å². The van der Waals surface area contributed by atoms with Crippen LogP contribution in [0, 0.1) is 0 Å². The van der Waals surface area contributed by atoms with Crippen molar-refractivity contribution < 1.29 is 9.21 Å². The van der Waals surface area contributed by atoms with E-state index < -0.39 is 0 Å². The topological polar surface area (TPSA) is 73.1 Å². The van der Waals surface area contributed by atoms with Crippen LogP contribution in [-0.4, -0.2) is 73.5 Å². The molecule has 8 heteroatoms. The molecule has 2 fully saturated rings. The largest absolute Gasteiger partial charge is 0.469 e. The van der Waals surface area contributed by atoms with Crippen molar-refractivity contribution in [2.75, 3.05) is 45.8 Å². The number of carbonyl (C=O) groups excluding carboxylic acids is 1. The van der Waals surface area contributed by atoms with E-state index in [0.717, 1.165) is 76.7 Å². The van der Waals surface area contributed by atoms with Gasteiger partial charge in [-0.1, -0.05) is 6.07 Å². The van der Waals surface area contributed by atoms with E-state index in [9.17, 15) is 4.79 Å². The number of rotatable bonds is 9. The molecule has 162 valence electrons. The van der Waals surface area contributed by atoms with Crippen LogP contribution in [0.2, 0.25) is 0 Å². The lowest BCUT2D eigenvalue weighted by atomic mass is 10.3. The number of nitrogens with zero attached hydrogens (tertiary/aromatic N) is 3. The fourth-order valence-corrected chi connectivity index (χ4v) is 4.27. The molecular formula is C22H31N5O2S. The van der Waals surface area contributed by atoms with E-state index >= 15 is 0 Å². The number of hydrogen-bond acceptors (Lipinski definition) is 5. The maximum absolute atomic E-state index is 12.1. The van der Waals surface area contributed by atoms with Crippen LogP contribution in [0.15, 0.2) is 45.3 Å². The van der Waals surface area contributed by atoms with Crippen LogP contribution in [0.1, 0.15) is 23.5 Å². The number of aliphatic imine (C=N–C) groups is 1. The third-order valence-corrected chi connectivity index (χ3v) is 6.35. The van der Waals surface area contributed by atoms with Gasteiger partial charge in [-0.05, 0) is 36.4 Å². The fourth-order valence-electron chi connectivity index (χ4n) is 3.57. The summed E-state index contributed by atoms with van der Waals surface area (Å²) in [7, 11) is 0. The van der Waals surface area contributed by atoms with Gasteiger partial charge in [-0.3, -0.25) is 14.7 Å². The van der Waals surface area contributed by atoms with Crippen LogP contribution < -0.4 is 10.6 Å². The Balaban J connectivity index is 1.27. The Bertz CT molecular complexity index is 794. The molecule has 1 saturated carbocycles. The van der Waals surface area contributed by atoms with Gasteiger partial charge in [0.15, 0.2) is 5.96 Å². The van der Waals surface area contributed by atoms with Gasteiger partial charge < -0.3 is 20.0 Å². The summed E-state index contributed by atoms with van der Waals surface area (Å²) in [5.41, 5.74) is 0. The monoisotopic (exact) mass is 429 g/mol. The number of thiophene rings is 1. The van der Waals surface area contributed by atoms with E-state index in [1.54, 1.807) is 17.6 Å². The molecule has 1 aliphatic carbocycles. The van der Waals surface area contributed by atoms with Gasteiger partial charge in [0.2, 0.25) is 5.91 Å². The molecule has 0 bridgehead atoms. The van der Waals surface area contributed by atoms with Gasteiger partial charge in [0.05, 0.1) is 12.8 Å². The van der Waals surface area contributed by atoms with E-state index in [4.69, 9.17) is 9.41 Å². The van der Waals surface area contributed by atoms with Gasteiger partial charge in [0.1, 0.15) is 5.76 Å². The van der Waals surface area contributed by atoms with Crippen LogP contribution in [0.4, 0.5) is 0 Å². The molecule has 0 spiro atoms. The molecule has 7 nitrogen and oxygen atoms in total. The van der Waals surface area contributed by atoms with Crippen molar-refractivity contribution in [2.24, 2.45) is 4.99 Å². The highest BCUT2D eigenvalue weighted by Gasteiger charge is 2.26. The number of amides is 1. The smallest absolute Gasteiger partial charge is 0.234 e. The molecule has 1 aliphatic heterocycles. The Morgan fingerprint density at radius 1 is 1.17 bits per heavy atom. The maximum atomic E-state index is 12.1. The van der Waals surface area contributed by atoms with Crippen LogP contribution in [-0.2, 0) is 17.6 Å². The fraction of sp³-hybridized carbons (Fsp3) is 0.545. The molecule has 0 radical (unpaired) electrons. The summed E-state index contributed by atoms with van der Waals surface area (Å²) in [6, 6.07) is 8.60. The summed E-state index contributed by atoms with van der Waals surface area (Å²) in [6.45, 7) is 5.57. The zero-order valence-electron chi connectivity index (χ0n) is 17.4. The summed E-state index contributed by atoms with van der Waals surface area (Å²) in [4.78, 5) is 22.9. The zero-order valence-corrected chi connectivity index (χ0v) is 18.2. The van der Waals surface area contributed by atoms with Gasteiger partial charge >= 0.3 is 0 Å². The van der Waals surface area contributed by atoms with Crippen molar-refractivity contribution >= 4 is 23.2 Å². The second kappa shape index (κ2) is 10.6. The minimum Gasteiger partial charge on any atom is -0.469 e. The van der Waals surface area contributed by atoms with Crippen molar-refractivity contribution in [3.63, 3.8) is 0 Å². The second-order valence-electron chi connectivity index (χ2n) is 7.90. The van der Waals surface area contributed by atoms with Gasteiger partial charge in [-0.15, -0.1) is 11.3 Å². The van der Waals surface area contributed by atoms with Crippen LogP contribution in [0.3, 0.4) is 0 Å². The number of guanidine groups is 1. The Morgan fingerprint density at radius 3 is 2.73 bits per heavy atom. The summed E-state index contributed by atoms with van der Waals surface area (Å²) in [5.74, 6) is 2.10. The van der Waals surface area contributed by atoms with Gasteiger partial charge in [0, 0.05) is 63.0 Å². The maximum Gasteiger partial charge on any atom is 0.234 e. The van der Waals surface area contributed by atoms with Crippen molar-refractivity contribution in [1.82, 2.24) is 20.4 Å². The quantitative estimate of drug-likeness (QED) is 0.471.